The highest BCUT2D eigenvalue weighted by molar-refractivity contribution is 4.90. The number of ether oxygens (including phenoxy) is 1. The zero-order valence-electron chi connectivity index (χ0n) is 10.2. The molecule has 0 saturated heterocycles. The van der Waals surface area contributed by atoms with E-state index in [1.807, 2.05) is 6.08 Å². The summed E-state index contributed by atoms with van der Waals surface area (Å²) in [5.41, 5.74) is 0.199. The molecule has 1 N–H and O–H groups in total. The van der Waals surface area contributed by atoms with Gasteiger partial charge in [-0.25, -0.2) is 0 Å². The Morgan fingerprint density at radius 1 is 1.47 bits per heavy atom. The molecule has 0 aromatic carbocycles. The minimum Gasteiger partial charge on any atom is -0.375 e. The first-order valence-electron chi connectivity index (χ1n) is 6.17. The maximum Gasteiger partial charge on any atom is 0.0694 e. The molecular formula is C13H25NO. The van der Waals surface area contributed by atoms with Crippen molar-refractivity contribution < 1.29 is 4.74 Å². The van der Waals surface area contributed by atoms with Gasteiger partial charge in [0.05, 0.1) is 12.2 Å². The van der Waals surface area contributed by atoms with Gasteiger partial charge in [-0.15, -0.1) is 6.58 Å². The first-order valence-corrected chi connectivity index (χ1v) is 6.17. The summed E-state index contributed by atoms with van der Waals surface area (Å²) < 4.78 is 5.98. The monoisotopic (exact) mass is 211 g/mol. The Morgan fingerprint density at radius 3 is 2.67 bits per heavy atom. The second kappa shape index (κ2) is 6.29. The molecule has 1 fully saturated rings. The molecule has 88 valence electrons. The average molecular weight is 211 g/mol. The number of rotatable bonds is 8. The standard InChI is InChI=1S/C13H25NO/c1-4-5-11-15-13(7-6-8-13)9-10-14-12(2)3/h4,12,14H,1,5-11H2,2-3H3. The molecule has 0 aliphatic heterocycles. The van der Waals surface area contributed by atoms with Crippen LogP contribution in [0.15, 0.2) is 12.7 Å². The van der Waals surface area contributed by atoms with Gasteiger partial charge in [-0.3, -0.25) is 0 Å². The number of hydrogen-bond donors (Lipinski definition) is 1. The number of hydrogen-bond acceptors (Lipinski definition) is 2. The molecular weight excluding hydrogens is 186 g/mol. The van der Waals surface area contributed by atoms with E-state index in [0.29, 0.717) is 6.04 Å². The van der Waals surface area contributed by atoms with Crippen LogP contribution in [0.25, 0.3) is 0 Å². The Bertz CT molecular complexity index is 185. The van der Waals surface area contributed by atoms with Crippen molar-refractivity contribution in [1.29, 1.82) is 0 Å². The highest BCUT2D eigenvalue weighted by Gasteiger charge is 2.37. The van der Waals surface area contributed by atoms with Crippen LogP contribution >= 0.6 is 0 Å². The topological polar surface area (TPSA) is 21.3 Å². The van der Waals surface area contributed by atoms with Crippen LogP contribution in [0.3, 0.4) is 0 Å². The van der Waals surface area contributed by atoms with Crippen molar-refractivity contribution in [3.05, 3.63) is 12.7 Å². The molecule has 0 unspecified atom stereocenters. The third-order valence-electron chi connectivity index (χ3n) is 3.13. The minimum absolute atomic E-state index is 0.199. The van der Waals surface area contributed by atoms with E-state index in [-0.39, 0.29) is 5.60 Å². The zero-order chi connectivity index (χ0) is 11.1. The van der Waals surface area contributed by atoms with Crippen LogP contribution in [-0.2, 0) is 4.74 Å². The van der Waals surface area contributed by atoms with E-state index in [2.05, 4.69) is 25.7 Å². The fourth-order valence-electron chi connectivity index (χ4n) is 1.99. The van der Waals surface area contributed by atoms with Crippen molar-refractivity contribution in [2.75, 3.05) is 13.2 Å². The molecule has 0 heterocycles. The summed E-state index contributed by atoms with van der Waals surface area (Å²) in [6, 6.07) is 0.579. The van der Waals surface area contributed by atoms with Gasteiger partial charge in [0.1, 0.15) is 0 Å². The molecule has 0 atom stereocenters. The predicted molar refractivity (Wildman–Crippen MR) is 65.1 cm³/mol. The number of nitrogens with one attached hydrogen (secondary N) is 1. The first-order chi connectivity index (χ1) is 7.18. The van der Waals surface area contributed by atoms with Crippen molar-refractivity contribution in [3.63, 3.8) is 0 Å². The predicted octanol–water partition coefficient (Wildman–Crippen LogP) is 2.89. The van der Waals surface area contributed by atoms with Crippen molar-refractivity contribution in [1.82, 2.24) is 5.32 Å². The molecule has 0 aromatic rings. The van der Waals surface area contributed by atoms with Crippen molar-refractivity contribution in [2.24, 2.45) is 0 Å². The summed E-state index contributed by atoms with van der Waals surface area (Å²) in [7, 11) is 0. The summed E-state index contributed by atoms with van der Waals surface area (Å²) in [6.45, 7) is 10.0. The molecule has 0 amide bonds. The summed E-state index contributed by atoms with van der Waals surface area (Å²) >= 11 is 0. The normalized spacial score (nSPS) is 18.9. The van der Waals surface area contributed by atoms with Gasteiger partial charge in [0.25, 0.3) is 0 Å². The molecule has 1 aliphatic rings. The van der Waals surface area contributed by atoms with Gasteiger partial charge in [0, 0.05) is 6.04 Å². The highest BCUT2D eigenvalue weighted by atomic mass is 16.5. The van der Waals surface area contributed by atoms with E-state index in [4.69, 9.17) is 4.74 Å². The fraction of sp³-hybridized carbons (Fsp3) is 0.846. The van der Waals surface area contributed by atoms with Crippen LogP contribution in [0.4, 0.5) is 0 Å². The fourth-order valence-corrected chi connectivity index (χ4v) is 1.99. The molecule has 0 aromatic heterocycles. The second-order valence-electron chi connectivity index (χ2n) is 4.82. The molecule has 0 spiro atoms. The maximum atomic E-state index is 5.98. The lowest BCUT2D eigenvalue weighted by atomic mass is 9.77. The quantitative estimate of drug-likeness (QED) is 0.492. The van der Waals surface area contributed by atoms with Crippen LogP contribution in [0.5, 0.6) is 0 Å². The largest absolute Gasteiger partial charge is 0.375 e. The molecule has 15 heavy (non-hydrogen) atoms. The maximum absolute atomic E-state index is 5.98. The molecule has 0 bridgehead atoms. The van der Waals surface area contributed by atoms with Gasteiger partial charge in [-0.2, -0.15) is 0 Å². The van der Waals surface area contributed by atoms with Crippen molar-refractivity contribution in [2.45, 2.75) is 57.6 Å². The third-order valence-corrected chi connectivity index (χ3v) is 3.13. The van der Waals surface area contributed by atoms with Crippen LogP contribution < -0.4 is 5.32 Å². The molecule has 1 rings (SSSR count). The van der Waals surface area contributed by atoms with Gasteiger partial charge < -0.3 is 10.1 Å². The lowest BCUT2D eigenvalue weighted by Gasteiger charge is -2.42. The summed E-state index contributed by atoms with van der Waals surface area (Å²) in [5, 5.41) is 3.46. The van der Waals surface area contributed by atoms with E-state index in [1.165, 1.54) is 19.3 Å². The van der Waals surface area contributed by atoms with Crippen LogP contribution in [0.2, 0.25) is 0 Å². The second-order valence-corrected chi connectivity index (χ2v) is 4.82. The average Bonchev–Trinajstić information content (AvgIpc) is 2.12. The van der Waals surface area contributed by atoms with Crippen LogP contribution in [0, 0.1) is 0 Å². The molecule has 2 heteroatoms. The van der Waals surface area contributed by atoms with Crippen LogP contribution in [0.1, 0.15) is 46.0 Å². The van der Waals surface area contributed by atoms with Gasteiger partial charge >= 0.3 is 0 Å². The summed E-state index contributed by atoms with van der Waals surface area (Å²) in [4.78, 5) is 0. The van der Waals surface area contributed by atoms with Crippen LogP contribution in [-0.4, -0.2) is 24.8 Å². The Balaban J connectivity index is 2.17. The molecule has 1 saturated carbocycles. The Morgan fingerprint density at radius 2 is 2.20 bits per heavy atom. The van der Waals surface area contributed by atoms with Crippen molar-refractivity contribution in [3.8, 4) is 0 Å². The Hall–Kier alpha value is -0.340. The Kier molecular flexibility index (Phi) is 5.34. The van der Waals surface area contributed by atoms with Gasteiger partial charge in [-0.1, -0.05) is 19.9 Å². The van der Waals surface area contributed by atoms with Crippen molar-refractivity contribution >= 4 is 0 Å². The smallest absolute Gasteiger partial charge is 0.0694 e. The SMILES string of the molecule is C=CCCOC1(CCNC(C)C)CCC1. The van der Waals surface area contributed by atoms with E-state index < -0.39 is 0 Å². The van der Waals surface area contributed by atoms with E-state index in [1.54, 1.807) is 0 Å². The lowest BCUT2D eigenvalue weighted by Crippen LogP contribution is -2.43. The summed E-state index contributed by atoms with van der Waals surface area (Å²) in [6.07, 6.45) is 7.87. The van der Waals surface area contributed by atoms with Gasteiger partial charge in [0.2, 0.25) is 0 Å². The van der Waals surface area contributed by atoms with E-state index in [9.17, 15) is 0 Å². The van der Waals surface area contributed by atoms with Gasteiger partial charge in [0.15, 0.2) is 0 Å². The zero-order valence-corrected chi connectivity index (χ0v) is 10.2. The molecule has 2 nitrogen and oxygen atoms in total. The van der Waals surface area contributed by atoms with E-state index >= 15 is 0 Å². The molecule has 0 radical (unpaired) electrons. The van der Waals surface area contributed by atoms with E-state index in [0.717, 1.165) is 26.0 Å². The molecule has 1 aliphatic carbocycles. The lowest BCUT2D eigenvalue weighted by molar-refractivity contribution is -0.103. The van der Waals surface area contributed by atoms with Gasteiger partial charge in [-0.05, 0) is 38.6 Å². The summed E-state index contributed by atoms with van der Waals surface area (Å²) in [5.74, 6) is 0. The third kappa shape index (κ3) is 4.35. The first kappa shape index (κ1) is 12.7. The Labute approximate surface area is 94.1 Å². The minimum atomic E-state index is 0.199. The highest BCUT2D eigenvalue weighted by Crippen LogP contribution is 2.38.